The summed E-state index contributed by atoms with van der Waals surface area (Å²) in [6.07, 6.45) is 0. The van der Waals surface area contributed by atoms with E-state index in [1.807, 2.05) is 0 Å². The summed E-state index contributed by atoms with van der Waals surface area (Å²) in [7, 11) is 0. The van der Waals surface area contributed by atoms with Crippen LogP contribution >= 0.6 is 0 Å². The summed E-state index contributed by atoms with van der Waals surface area (Å²) >= 11 is 0. The van der Waals surface area contributed by atoms with Crippen LogP contribution in [0.1, 0.15) is 22.3 Å². The van der Waals surface area contributed by atoms with Crippen molar-refractivity contribution in [1.29, 1.82) is 0 Å². The van der Waals surface area contributed by atoms with Crippen LogP contribution in [0.25, 0.3) is 77.2 Å². The van der Waals surface area contributed by atoms with E-state index in [1.165, 1.54) is 77.2 Å². The van der Waals surface area contributed by atoms with E-state index in [4.69, 9.17) is 0 Å². The lowest BCUT2D eigenvalue weighted by molar-refractivity contribution is 0.795. The summed E-state index contributed by atoms with van der Waals surface area (Å²) in [5.74, 6) is 0. The minimum atomic E-state index is -0.537. The van der Waals surface area contributed by atoms with Crippen LogP contribution in [-0.2, 0) is 5.41 Å². The zero-order valence-electron chi connectivity index (χ0n) is 42.3. The molecule has 0 bridgehead atoms. The molecule has 0 radical (unpaired) electrons. The largest absolute Gasteiger partial charge is 0.310 e. The van der Waals surface area contributed by atoms with Crippen LogP contribution in [0.5, 0.6) is 0 Å². The Morgan fingerprint density at radius 3 is 1.30 bits per heavy atom. The Labute approximate surface area is 449 Å². The monoisotopic (exact) mass is 978 g/mol. The van der Waals surface area contributed by atoms with Gasteiger partial charge in [0.2, 0.25) is 0 Å². The van der Waals surface area contributed by atoms with E-state index in [0.29, 0.717) is 0 Å². The summed E-state index contributed by atoms with van der Waals surface area (Å²) in [6, 6.07) is 112. The van der Waals surface area contributed by atoms with Gasteiger partial charge < -0.3 is 9.80 Å². The van der Waals surface area contributed by atoms with Crippen LogP contribution in [0.4, 0.5) is 34.1 Å². The number of rotatable bonds is 9. The molecule has 360 valence electrons. The Morgan fingerprint density at radius 2 is 0.636 bits per heavy atom. The second-order valence-electron chi connectivity index (χ2n) is 20.3. The van der Waals surface area contributed by atoms with Crippen molar-refractivity contribution in [1.82, 2.24) is 0 Å². The summed E-state index contributed by atoms with van der Waals surface area (Å²) < 4.78 is 0. The maximum Gasteiger partial charge on any atom is 0.0726 e. The molecule has 0 amide bonds. The Hall–Kier alpha value is -10.0. The number of hydrogen-bond acceptors (Lipinski definition) is 2. The molecule has 1 spiro atoms. The molecule has 0 saturated carbocycles. The maximum atomic E-state index is 2.52. The van der Waals surface area contributed by atoms with Crippen LogP contribution in [0, 0.1) is 0 Å². The summed E-state index contributed by atoms with van der Waals surface area (Å²) in [4.78, 5) is 4.85. The number of nitrogens with zero attached hydrogens (tertiary/aromatic N) is 2. The Morgan fingerprint density at radius 1 is 0.208 bits per heavy atom. The molecule has 1 atom stereocenters. The molecule has 1 unspecified atom stereocenters. The lowest BCUT2D eigenvalue weighted by Gasteiger charge is -2.33. The summed E-state index contributed by atoms with van der Waals surface area (Å²) in [5.41, 5.74) is 23.4. The van der Waals surface area contributed by atoms with Gasteiger partial charge in [-0.3, -0.25) is 0 Å². The third-order valence-electron chi connectivity index (χ3n) is 16.2. The van der Waals surface area contributed by atoms with Crippen LogP contribution in [0.2, 0.25) is 0 Å². The van der Waals surface area contributed by atoms with Gasteiger partial charge in [0.1, 0.15) is 0 Å². The molecule has 0 N–H and O–H groups in total. The molecule has 77 heavy (non-hydrogen) atoms. The van der Waals surface area contributed by atoms with E-state index in [1.54, 1.807) is 0 Å². The molecule has 0 saturated heterocycles. The molecule has 0 aromatic heterocycles. The van der Waals surface area contributed by atoms with Gasteiger partial charge in [-0.1, -0.05) is 224 Å². The Kier molecular flexibility index (Phi) is 10.5. The van der Waals surface area contributed by atoms with Crippen LogP contribution in [0.3, 0.4) is 0 Å². The normalized spacial score (nSPS) is 13.8. The number of hydrogen-bond donors (Lipinski definition) is 0. The predicted octanol–water partition coefficient (Wildman–Crippen LogP) is 20.3. The zero-order valence-corrected chi connectivity index (χ0v) is 42.3. The van der Waals surface area contributed by atoms with E-state index in [2.05, 4.69) is 313 Å². The molecule has 2 heteroatoms. The molecule has 13 aromatic rings. The van der Waals surface area contributed by atoms with Crippen molar-refractivity contribution < 1.29 is 0 Å². The van der Waals surface area contributed by atoms with E-state index >= 15 is 0 Å². The van der Waals surface area contributed by atoms with Crippen molar-refractivity contribution in [2.45, 2.75) is 5.41 Å². The SMILES string of the molecule is c1ccc(N(c2ccccc2)c2cccc(-c3ccccc3-c3cccc(N(c4ccc5c(c4)C4(c6ccccc6-5)c5ccccc5-c5cc6ccccc6cc54)c4ccccc4-c4cccc5ccccc45)c3)c2)cc1. The van der Waals surface area contributed by atoms with Gasteiger partial charge in [0.15, 0.2) is 0 Å². The summed E-state index contributed by atoms with van der Waals surface area (Å²) in [6.45, 7) is 0. The summed E-state index contributed by atoms with van der Waals surface area (Å²) in [5, 5.41) is 4.94. The smallest absolute Gasteiger partial charge is 0.0726 e. The van der Waals surface area contributed by atoms with Crippen molar-refractivity contribution in [3.63, 3.8) is 0 Å². The second kappa shape index (κ2) is 18.1. The fraction of sp³-hybridized carbons (Fsp3) is 0.0133. The third-order valence-corrected chi connectivity index (χ3v) is 16.2. The number of para-hydroxylation sites is 3. The van der Waals surface area contributed by atoms with Gasteiger partial charge in [0, 0.05) is 34.0 Å². The molecule has 2 aliphatic carbocycles. The third kappa shape index (κ3) is 7.10. The minimum absolute atomic E-state index is 0.537. The van der Waals surface area contributed by atoms with Gasteiger partial charge in [-0.2, -0.15) is 0 Å². The predicted molar refractivity (Wildman–Crippen MR) is 323 cm³/mol. The van der Waals surface area contributed by atoms with Crippen molar-refractivity contribution in [3.05, 3.63) is 326 Å². The average molecular weight is 979 g/mol. The van der Waals surface area contributed by atoms with Gasteiger partial charge in [-0.05, 0) is 173 Å². The first-order valence-electron chi connectivity index (χ1n) is 26.7. The van der Waals surface area contributed by atoms with Gasteiger partial charge in [0.05, 0.1) is 11.1 Å². The van der Waals surface area contributed by atoms with Gasteiger partial charge in [0.25, 0.3) is 0 Å². The van der Waals surface area contributed by atoms with Crippen molar-refractivity contribution in [3.8, 4) is 55.6 Å². The lowest BCUT2D eigenvalue weighted by Crippen LogP contribution is -2.26. The molecule has 0 heterocycles. The quantitative estimate of drug-likeness (QED) is 0.142. The first kappa shape index (κ1) is 44.5. The molecule has 0 aliphatic heterocycles. The Balaban J connectivity index is 0.940. The first-order valence-corrected chi connectivity index (χ1v) is 26.7. The fourth-order valence-electron chi connectivity index (χ4n) is 12.9. The first-order chi connectivity index (χ1) is 38.2. The van der Waals surface area contributed by atoms with Gasteiger partial charge in [-0.15, -0.1) is 0 Å². The lowest BCUT2D eigenvalue weighted by atomic mass is 9.70. The highest BCUT2D eigenvalue weighted by atomic mass is 15.1. The molecule has 15 rings (SSSR count). The molecule has 0 fully saturated rings. The van der Waals surface area contributed by atoms with Crippen LogP contribution in [0.15, 0.2) is 303 Å². The molecule has 13 aromatic carbocycles. The van der Waals surface area contributed by atoms with Gasteiger partial charge >= 0.3 is 0 Å². The van der Waals surface area contributed by atoms with Gasteiger partial charge in [-0.25, -0.2) is 0 Å². The van der Waals surface area contributed by atoms with Crippen LogP contribution < -0.4 is 9.80 Å². The fourth-order valence-corrected chi connectivity index (χ4v) is 12.9. The maximum absolute atomic E-state index is 2.52. The number of anilines is 6. The standard InChI is InChI=1S/C75H50N2/c1-3-28-56(29-4-1)76(57-30-5-2-6-31-57)58-32-19-26-54(46-58)62-35-11-12-36-63(62)55-27-20-33-59(47-55)77(74-43-18-15-39-68(74)64-40-21-25-51-22-9-10-34-61(51)64)60-44-45-67-65-37-13-16-41-70(65)75(73(67)50-60)71-42-17-14-38-66(71)69-48-52-23-7-8-24-53(52)49-72(69)75/h1-50H. The second-order valence-corrected chi connectivity index (χ2v) is 20.3. The molecule has 2 aliphatic rings. The molecule has 2 nitrogen and oxygen atoms in total. The molecular weight excluding hydrogens is 929 g/mol. The van der Waals surface area contributed by atoms with Crippen molar-refractivity contribution in [2.75, 3.05) is 9.80 Å². The number of benzene rings is 13. The average Bonchev–Trinajstić information content (AvgIpc) is 4.18. The van der Waals surface area contributed by atoms with Crippen LogP contribution in [-0.4, -0.2) is 0 Å². The highest BCUT2D eigenvalue weighted by Gasteiger charge is 2.52. The highest BCUT2D eigenvalue weighted by Crippen LogP contribution is 2.64. The van der Waals surface area contributed by atoms with Crippen molar-refractivity contribution >= 4 is 55.7 Å². The topological polar surface area (TPSA) is 6.48 Å². The number of fused-ring (bicyclic) bond motifs is 12. The van der Waals surface area contributed by atoms with E-state index in [0.717, 1.165) is 56.4 Å². The van der Waals surface area contributed by atoms with E-state index in [-0.39, 0.29) is 0 Å². The van der Waals surface area contributed by atoms with Crippen molar-refractivity contribution in [2.24, 2.45) is 0 Å². The highest BCUT2D eigenvalue weighted by molar-refractivity contribution is 6.04. The Bertz CT molecular complexity index is 4380. The molecular formula is C75H50N2. The zero-order chi connectivity index (χ0) is 50.9. The minimum Gasteiger partial charge on any atom is -0.310 e. The van der Waals surface area contributed by atoms with E-state index < -0.39 is 5.41 Å². The van der Waals surface area contributed by atoms with E-state index in [9.17, 15) is 0 Å².